The molecule has 0 aliphatic rings. The molecule has 0 spiro atoms. The number of carbonyl (C=O) groups is 1. The van der Waals surface area contributed by atoms with Gasteiger partial charge in [0.05, 0.1) is 13.7 Å². The third-order valence-corrected chi connectivity index (χ3v) is 3.00. The minimum absolute atomic E-state index is 0.126. The maximum Gasteiger partial charge on any atom is 0.251 e. The van der Waals surface area contributed by atoms with E-state index in [4.69, 9.17) is 4.74 Å². The number of aromatic nitrogens is 1. The van der Waals surface area contributed by atoms with E-state index in [1.165, 1.54) is 11.3 Å². The van der Waals surface area contributed by atoms with Crippen LogP contribution in [0.15, 0.2) is 35.8 Å². The summed E-state index contributed by atoms with van der Waals surface area (Å²) in [5.74, 6) is 0.547. The van der Waals surface area contributed by atoms with Crippen molar-refractivity contribution in [3.8, 4) is 5.75 Å². The smallest absolute Gasteiger partial charge is 0.251 e. The Kier molecular flexibility index (Phi) is 3.72. The van der Waals surface area contributed by atoms with Crippen molar-refractivity contribution in [3.63, 3.8) is 0 Å². The second kappa shape index (κ2) is 5.45. The molecule has 0 atom stereocenters. The first-order valence-electron chi connectivity index (χ1n) is 5.10. The van der Waals surface area contributed by atoms with E-state index in [9.17, 15) is 4.79 Å². The van der Waals surface area contributed by atoms with Crippen molar-refractivity contribution in [1.29, 1.82) is 0 Å². The Morgan fingerprint density at radius 2 is 2.41 bits per heavy atom. The lowest BCUT2D eigenvalue weighted by atomic mass is 10.2. The quantitative estimate of drug-likeness (QED) is 0.901. The van der Waals surface area contributed by atoms with E-state index in [1.54, 1.807) is 37.6 Å². The second-order valence-corrected chi connectivity index (χ2v) is 4.32. The molecule has 1 heterocycles. The monoisotopic (exact) mass is 248 g/mol. The van der Waals surface area contributed by atoms with Gasteiger partial charge in [-0.15, -0.1) is 11.3 Å². The van der Waals surface area contributed by atoms with Crippen molar-refractivity contribution in [3.05, 3.63) is 46.4 Å². The lowest BCUT2D eigenvalue weighted by Crippen LogP contribution is -2.22. The molecule has 1 amide bonds. The molecule has 0 unspecified atom stereocenters. The Balaban J connectivity index is 1.99. The summed E-state index contributed by atoms with van der Waals surface area (Å²) < 4.78 is 5.07. The first-order chi connectivity index (χ1) is 8.29. The normalized spacial score (nSPS) is 9.94. The van der Waals surface area contributed by atoms with Crippen molar-refractivity contribution >= 4 is 17.2 Å². The van der Waals surface area contributed by atoms with Gasteiger partial charge in [-0.1, -0.05) is 6.07 Å². The fraction of sp³-hybridized carbons (Fsp3) is 0.167. The summed E-state index contributed by atoms with van der Waals surface area (Å²) in [5, 5.41) is 5.58. The number of hydrogen-bond donors (Lipinski definition) is 1. The molecule has 0 bridgehead atoms. The topological polar surface area (TPSA) is 51.2 Å². The molecule has 2 aromatic rings. The largest absolute Gasteiger partial charge is 0.497 e. The molecule has 0 saturated heterocycles. The van der Waals surface area contributed by atoms with Gasteiger partial charge >= 0.3 is 0 Å². The van der Waals surface area contributed by atoms with E-state index < -0.39 is 0 Å². The lowest BCUT2D eigenvalue weighted by Gasteiger charge is -2.05. The first kappa shape index (κ1) is 11.6. The molecular weight excluding hydrogens is 236 g/mol. The van der Waals surface area contributed by atoms with Gasteiger partial charge in [-0.2, -0.15) is 0 Å². The number of methoxy groups -OCH3 is 1. The van der Waals surface area contributed by atoms with Crippen molar-refractivity contribution in [2.45, 2.75) is 6.54 Å². The molecule has 2 rings (SSSR count). The average Bonchev–Trinajstić information content (AvgIpc) is 2.89. The van der Waals surface area contributed by atoms with Crippen LogP contribution < -0.4 is 10.1 Å². The number of rotatable bonds is 4. The molecule has 17 heavy (non-hydrogen) atoms. The van der Waals surface area contributed by atoms with E-state index >= 15 is 0 Å². The molecule has 0 aliphatic carbocycles. The molecule has 0 aliphatic heterocycles. The highest BCUT2D eigenvalue weighted by Crippen LogP contribution is 2.12. The van der Waals surface area contributed by atoms with Gasteiger partial charge in [-0.05, 0) is 18.2 Å². The Labute approximate surface area is 103 Å². The third-order valence-electron chi connectivity index (χ3n) is 2.22. The zero-order chi connectivity index (χ0) is 12.1. The average molecular weight is 248 g/mol. The number of thiazole rings is 1. The predicted molar refractivity (Wildman–Crippen MR) is 66.3 cm³/mol. The molecular formula is C12H12N2O2S. The van der Waals surface area contributed by atoms with Gasteiger partial charge < -0.3 is 10.1 Å². The van der Waals surface area contributed by atoms with Gasteiger partial charge in [0.2, 0.25) is 0 Å². The van der Waals surface area contributed by atoms with E-state index in [0.29, 0.717) is 17.9 Å². The zero-order valence-corrected chi connectivity index (χ0v) is 10.2. The molecule has 0 fully saturated rings. The summed E-state index contributed by atoms with van der Waals surface area (Å²) in [6.07, 6.45) is 1.72. The molecule has 0 radical (unpaired) electrons. The molecule has 88 valence electrons. The van der Waals surface area contributed by atoms with Gasteiger partial charge in [0, 0.05) is 17.1 Å². The van der Waals surface area contributed by atoms with Gasteiger partial charge in [-0.3, -0.25) is 4.79 Å². The Morgan fingerprint density at radius 1 is 1.53 bits per heavy atom. The number of nitrogens with one attached hydrogen (secondary N) is 1. The van der Waals surface area contributed by atoms with Crippen LogP contribution in [-0.2, 0) is 6.54 Å². The summed E-state index contributed by atoms with van der Waals surface area (Å²) in [7, 11) is 1.58. The summed E-state index contributed by atoms with van der Waals surface area (Å²) >= 11 is 1.52. The number of nitrogens with zero attached hydrogens (tertiary/aromatic N) is 1. The maximum atomic E-state index is 11.8. The minimum atomic E-state index is -0.126. The van der Waals surface area contributed by atoms with Gasteiger partial charge in [0.25, 0.3) is 5.91 Å². The van der Waals surface area contributed by atoms with Crippen LogP contribution in [0.3, 0.4) is 0 Å². The van der Waals surface area contributed by atoms with Crippen molar-refractivity contribution in [2.24, 2.45) is 0 Å². The van der Waals surface area contributed by atoms with Gasteiger partial charge in [-0.25, -0.2) is 4.98 Å². The van der Waals surface area contributed by atoms with E-state index in [0.717, 1.165) is 5.01 Å². The minimum Gasteiger partial charge on any atom is -0.497 e. The lowest BCUT2D eigenvalue weighted by molar-refractivity contribution is 0.0950. The molecule has 1 N–H and O–H groups in total. The summed E-state index contributed by atoms with van der Waals surface area (Å²) in [6.45, 7) is 0.452. The summed E-state index contributed by atoms with van der Waals surface area (Å²) in [6, 6.07) is 7.05. The van der Waals surface area contributed by atoms with Gasteiger partial charge in [0.15, 0.2) is 0 Å². The zero-order valence-electron chi connectivity index (χ0n) is 9.34. The number of amides is 1. The van der Waals surface area contributed by atoms with Crippen LogP contribution in [0.1, 0.15) is 15.4 Å². The highest BCUT2D eigenvalue weighted by Gasteiger charge is 2.06. The molecule has 1 aromatic carbocycles. The molecule has 4 nitrogen and oxygen atoms in total. The van der Waals surface area contributed by atoms with Crippen LogP contribution >= 0.6 is 11.3 Å². The van der Waals surface area contributed by atoms with Crippen LogP contribution in [0, 0.1) is 0 Å². The number of hydrogen-bond acceptors (Lipinski definition) is 4. The molecule has 1 aromatic heterocycles. The molecule has 5 heteroatoms. The fourth-order valence-electron chi connectivity index (χ4n) is 1.36. The molecule has 0 saturated carbocycles. The number of ether oxygens (including phenoxy) is 1. The highest BCUT2D eigenvalue weighted by atomic mass is 32.1. The van der Waals surface area contributed by atoms with Crippen LogP contribution in [0.2, 0.25) is 0 Å². The van der Waals surface area contributed by atoms with E-state index in [1.807, 2.05) is 5.38 Å². The van der Waals surface area contributed by atoms with Crippen LogP contribution in [-0.4, -0.2) is 18.0 Å². The number of carbonyl (C=O) groups excluding carboxylic acids is 1. The van der Waals surface area contributed by atoms with Crippen molar-refractivity contribution in [1.82, 2.24) is 10.3 Å². The van der Waals surface area contributed by atoms with Crippen LogP contribution in [0.5, 0.6) is 5.75 Å². The van der Waals surface area contributed by atoms with Crippen molar-refractivity contribution in [2.75, 3.05) is 7.11 Å². The third kappa shape index (κ3) is 3.04. The first-order valence-corrected chi connectivity index (χ1v) is 5.98. The van der Waals surface area contributed by atoms with Gasteiger partial charge in [0.1, 0.15) is 10.8 Å². The van der Waals surface area contributed by atoms with Crippen molar-refractivity contribution < 1.29 is 9.53 Å². The van der Waals surface area contributed by atoms with Crippen LogP contribution in [0.4, 0.5) is 0 Å². The highest BCUT2D eigenvalue weighted by molar-refractivity contribution is 7.09. The summed E-state index contributed by atoms with van der Waals surface area (Å²) in [5.41, 5.74) is 0.584. The standard InChI is InChI=1S/C12H12N2O2S/c1-16-10-4-2-3-9(7-10)12(15)14-8-11-13-5-6-17-11/h2-7H,8H2,1H3,(H,14,15). The van der Waals surface area contributed by atoms with E-state index in [-0.39, 0.29) is 5.91 Å². The Bertz CT molecular complexity index is 497. The van der Waals surface area contributed by atoms with Crippen LogP contribution in [0.25, 0.3) is 0 Å². The Morgan fingerprint density at radius 3 is 3.12 bits per heavy atom. The maximum absolute atomic E-state index is 11.8. The predicted octanol–water partition coefficient (Wildman–Crippen LogP) is 2.08. The fourth-order valence-corrected chi connectivity index (χ4v) is 1.92. The summed E-state index contributed by atoms with van der Waals surface area (Å²) in [4.78, 5) is 15.9. The SMILES string of the molecule is COc1cccc(C(=O)NCc2nccs2)c1. The number of benzene rings is 1. The second-order valence-electron chi connectivity index (χ2n) is 3.34. The Hall–Kier alpha value is -1.88. The van der Waals surface area contributed by atoms with E-state index in [2.05, 4.69) is 10.3 Å².